The molecule has 0 aliphatic heterocycles. The molecule has 0 spiro atoms. The van der Waals surface area contributed by atoms with Gasteiger partial charge in [0.25, 0.3) is 0 Å². The number of hydrogen-bond acceptors (Lipinski definition) is 11. The first kappa shape index (κ1) is 41.3. The maximum atomic E-state index is 11.8. The highest BCUT2D eigenvalue weighted by Gasteiger charge is 2.32. The molecule has 5 N–H and O–H groups in total. The fraction of sp³-hybridized carbons (Fsp3) is 0.359. The molecule has 0 aliphatic rings. The lowest BCUT2D eigenvalue weighted by Gasteiger charge is -2.25. The first-order valence-electron chi connectivity index (χ1n) is 16.9. The maximum absolute atomic E-state index is 11.8. The van der Waals surface area contributed by atoms with Crippen molar-refractivity contribution in [2.45, 2.75) is 51.7 Å². The number of carboxylic acids is 1. The molecule has 0 amide bonds. The van der Waals surface area contributed by atoms with Crippen molar-refractivity contribution in [3.05, 3.63) is 105 Å². The van der Waals surface area contributed by atoms with Crippen LogP contribution in [-0.2, 0) is 24.6 Å². The van der Waals surface area contributed by atoms with Crippen LogP contribution < -0.4 is 19.5 Å². The molecule has 2 atom stereocenters. The number of rotatable bonds is 20. The van der Waals surface area contributed by atoms with Gasteiger partial charge < -0.3 is 39.5 Å². The fourth-order valence-corrected chi connectivity index (χ4v) is 5.90. The summed E-state index contributed by atoms with van der Waals surface area (Å²) >= 11 is 13.6. The number of likely N-dealkylation sites (N-methyl/N-ethyl adjacent to an activating group) is 1. The van der Waals surface area contributed by atoms with E-state index in [0.717, 1.165) is 22.3 Å². The van der Waals surface area contributed by atoms with Crippen molar-refractivity contribution in [1.29, 1.82) is 5.26 Å². The molecule has 0 aliphatic carbocycles. The molecule has 0 radical (unpaired) electrons. The van der Waals surface area contributed by atoms with Gasteiger partial charge in [-0.1, -0.05) is 53.5 Å². The van der Waals surface area contributed by atoms with Gasteiger partial charge in [0.05, 0.1) is 41.5 Å². The Morgan fingerprint density at radius 1 is 1.00 bits per heavy atom. The van der Waals surface area contributed by atoms with Gasteiger partial charge in [-0.05, 0) is 62.2 Å². The van der Waals surface area contributed by atoms with Gasteiger partial charge in [-0.15, -0.1) is 0 Å². The van der Waals surface area contributed by atoms with Crippen molar-refractivity contribution in [3.8, 4) is 34.4 Å². The average molecular weight is 768 g/mol. The molecule has 4 aromatic rings. The van der Waals surface area contributed by atoms with Crippen LogP contribution in [0.4, 0.5) is 0 Å². The molecule has 0 fully saturated rings. The summed E-state index contributed by atoms with van der Waals surface area (Å²) in [6, 6.07) is 18.4. The minimum Gasteiger partial charge on any atom is -0.492 e. The van der Waals surface area contributed by atoms with Crippen LogP contribution in [0.5, 0.6) is 17.2 Å². The van der Waals surface area contributed by atoms with Crippen LogP contribution in [0.1, 0.15) is 41.2 Å². The van der Waals surface area contributed by atoms with Crippen molar-refractivity contribution in [1.82, 2.24) is 15.2 Å². The molecule has 1 aromatic heterocycles. The molecule has 3 aromatic carbocycles. The van der Waals surface area contributed by atoms with E-state index < -0.39 is 24.2 Å². The lowest BCUT2D eigenvalue weighted by atomic mass is 9.96. The Balaban J connectivity index is 1.52. The molecule has 53 heavy (non-hydrogen) atoms. The van der Waals surface area contributed by atoms with Gasteiger partial charge in [-0.2, -0.15) is 5.26 Å². The fourth-order valence-electron chi connectivity index (χ4n) is 5.38. The number of aliphatic hydroxyl groups excluding tert-OH is 3. The third-order valence-corrected chi connectivity index (χ3v) is 9.33. The Kier molecular flexibility index (Phi) is 15.3. The van der Waals surface area contributed by atoms with E-state index in [2.05, 4.69) is 16.4 Å². The summed E-state index contributed by atoms with van der Waals surface area (Å²) in [4.78, 5) is 17.8. The van der Waals surface area contributed by atoms with Crippen molar-refractivity contribution in [3.63, 3.8) is 0 Å². The standard InChI is InChI=1S/C39H44Cl2N4O8/c1-25-28(7-4-8-31(25)32-9-5-10-34(37(32)41)51-12-6-11-45(3)20-30(48)21-46)23-53-36-15-35(52-22-27-13-26(16-42)17-43-18-27)29(14-33(36)40)19-44-39(2,24-47)38(49)50/h4-5,7-10,13-15,17-18,30,44,46-48H,6,11-12,19-24H2,1-3H3,(H,49,50)/t30-,39+/m0/s1. The minimum atomic E-state index is -1.61. The smallest absolute Gasteiger partial charge is 0.326 e. The highest BCUT2D eigenvalue weighted by atomic mass is 35.5. The monoisotopic (exact) mass is 766 g/mol. The van der Waals surface area contributed by atoms with Crippen LogP contribution in [0.2, 0.25) is 10.0 Å². The summed E-state index contributed by atoms with van der Waals surface area (Å²) in [6.45, 7) is 4.10. The second kappa shape index (κ2) is 19.6. The Hall–Kier alpha value is -4.45. The van der Waals surface area contributed by atoms with Crippen molar-refractivity contribution >= 4 is 29.2 Å². The van der Waals surface area contributed by atoms with Crippen LogP contribution in [0.25, 0.3) is 11.1 Å². The number of carboxylic acid groups (broad SMARTS) is 1. The van der Waals surface area contributed by atoms with Crippen LogP contribution in [-0.4, -0.2) is 87.9 Å². The van der Waals surface area contributed by atoms with E-state index in [1.54, 1.807) is 24.4 Å². The average Bonchev–Trinajstić information content (AvgIpc) is 3.15. The number of nitriles is 1. The van der Waals surface area contributed by atoms with Gasteiger partial charge in [0.1, 0.15) is 42.1 Å². The number of halogens is 2. The number of ether oxygens (including phenoxy) is 3. The van der Waals surface area contributed by atoms with Gasteiger partial charge in [0, 0.05) is 54.8 Å². The van der Waals surface area contributed by atoms with E-state index in [9.17, 15) is 25.4 Å². The molecule has 4 rings (SSSR count). The Morgan fingerprint density at radius 2 is 1.74 bits per heavy atom. The zero-order valence-electron chi connectivity index (χ0n) is 29.8. The summed E-state index contributed by atoms with van der Waals surface area (Å²) in [5.74, 6) is 0.0122. The molecule has 0 saturated heterocycles. The SMILES string of the molecule is Cc1c(COc2cc(OCc3cncc(C#N)c3)c(CN[C@](C)(CO)C(=O)O)cc2Cl)cccc1-c1cccc(OCCCN(C)C[C@H](O)CO)c1Cl. The maximum Gasteiger partial charge on any atom is 0.326 e. The van der Waals surface area contributed by atoms with Crippen molar-refractivity contribution in [2.75, 3.05) is 40.0 Å². The number of aromatic nitrogens is 1. The summed E-state index contributed by atoms with van der Waals surface area (Å²) in [7, 11) is 1.87. The number of carbonyl (C=O) groups is 1. The predicted molar refractivity (Wildman–Crippen MR) is 201 cm³/mol. The van der Waals surface area contributed by atoms with E-state index >= 15 is 0 Å². The highest BCUT2D eigenvalue weighted by Crippen LogP contribution is 2.39. The molecule has 12 nitrogen and oxygen atoms in total. The number of nitrogens with one attached hydrogen (secondary N) is 1. The number of aliphatic carboxylic acids is 1. The molecule has 282 valence electrons. The number of nitrogens with zero attached hydrogens (tertiary/aromatic N) is 3. The topological polar surface area (TPSA) is 178 Å². The van der Waals surface area contributed by atoms with E-state index in [0.29, 0.717) is 65.1 Å². The van der Waals surface area contributed by atoms with Crippen LogP contribution in [0, 0.1) is 18.3 Å². The van der Waals surface area contributed by atoms with Gasteiger partial charge >= 0.3 is 5.97 Å². The number of pyridine rings is 1. The molecule has 0 saturated carbocycles. The van der Waals surface area contributed by atoms with Crippen molar-refractivity contribution in [2.24, 2.45) is 0 Å². The van der Waals surface area contributed by atoms with Crippen molar-refractivity contribution < 1.29 is 39.4 Å². The summed E-state index contributed by atoms with van der Waals surface area (Å²) in [5.41, 5.74) is 3.45. The normalized spacial score (nSPS) is 12.9. The Labute approximate surface area is 319 Å². The van der Waals surface area contributed by atoms with Crippen LogP contribution in [0.3, 0.4) is 0 Å². The van der Waals surface area contributed by atoms with E-state index in [-0.39, 0.29) is 31.4 Å². The third-order valence-electron chi connectivity index (χ3n) is 8.65. The Morgan fingerprint density at radius 3 is 2.45 bits per heavy atom. The first-order chi connectivity index (χ1) is 25.4. The zero-order valence-corrected chi connectivity index (χ0v) is 31.3. The number of hydrogen-bond donors (Lipinski definition) is 5. The second-order valence-electron chi connectivity index (χ2n) is 12.8. The molecule has 14 heteroatoms. The number of aliphatic hydroxyl groups is 3. The zero-order chi connectivity index (χ0) is 38.5. The second-order valence-corrected chi connectivity index (χ2v) is 13.6. The van der Waals surface area contributed by atoms with Gasteiger partial charge in [-0.3, -0.25) is 15.1 Å². The molecule has 0 bridgehead atoms. The lowest BCUT2D eigenvalue weighted by molar-refractivity contribution is -0.145. The molecule has 0 unspecified atom stereocenters. The summed E-state index contributed by atoms with van der Waals surface area (Å²) in [6.07, 6.45) is 2.94. The van der Waals surface area contributed by atoms with Crippen LogP contribution >= 0.6 is 23.2 Å². The largest absolute Gasteiger partial charge is 0.492 e. The first-order valence-corrected chi connectivity index (χ1v) is 17.6. The van der Waals surface area contributed by atoms with Crippen LogP contribution in [0.15, 0.2) is 67.0 Å². The quantitative estimate of drug-likeness (QED) is 0.0728. The highest BCUT2D eigenvalue weighted by molar-refractivity contribution is 6.35. The van der Waals surface area contributed by atoms with Gasteiger partial charge in [0.15, 0.2) is 0 Å². The third kappa shape index (κ3) is 11.3. The van der Waals surface area contributed by atoms with E-state index in [4.69, 9.17) is 42.5 Å². The summed E-state index contributed by atoms with van der Waals surface area (Å²) in [5, 5.41) is 50.9. The Bertz CT molecular complexity index is 1910. The van der Waals surface area contributed by atoms with Gasteiger partial charge in [-0.25, -0.2) is 0 Å². The predicted octanol–water partition coefficient (Wildman–Crippen LogP) is 5.37. The lowest BCUT2D eigenvalue weighted by Crippen LogP contribution is -2.52. The molecular weight excluding hydrogens is 723 g/mol. The van der Waals surface area contributed by atoms with E-state index in [1.165, 1.54) is 13.1 Å². The molecule has 1 heterocycles. The minimum absolute atomic E-state index is 0.00564. The number of benzene rings is 3. The van der Waals surface area contributed by atoms with E-state index in [1.807, 2.05) is 55.3 Å². The molecular formula is C39H44Cl2N4O8. The van der Waals surface area contributed by atoms with Gasteiger partial charge in [0.2, 0.25) is 0 Å². The summed E-state index contributed by atoms with van der Waals surface area (Å²) < 4.78 is 18.4.